The molecule has 1 amide bonds. The van der Waals surface area contributed by atoms with E-state index in [1.54, 1.807) is 6.92 Å². The zero-order valence-corrected chi connectivity index (χ0v) is 8.95. The molecule has 76 valence electrons. The fraction of sp³-hybridized carbons (Fsp3) is 0.417. The van der Waals surface area contributed by atoms with Crippen molar-refractivity contribution in [1.82, 2.24) is 5.32 Å². The standard InChI is InChI=1S/C12H17NO/c1-9(2)12(13-10(3)14)11-7-5-4-6-8-11/h4-9,12H,1-3H3,(H,13,14). The van der Waals surface area contributed by atoms with Crippen molar-refractivity contribution in [3.63, 3.8) is 0 Å². The molecule has 0 saturated carbocycles. The van der Waals surface area contributed by atoms with Crippen LogP contribution in [0, 0.1) is 5.92 Å². The van der Waals surface area contributed by atoms with Crippen molar-refractivity contribution < 1.29 is 4.79 Å². The summed E-state index contributed by atoms with van der Waals surface area (Å²) in [5.41, 5.74) is 1.16. The molecule has 0 spiro atoms. The topological polar surface area (TPSA) is 29.1 Å². The van der Waals surface area contributed by atoms with Gasteiger partial charge in [0, 0.05) is 6.92 Å². The Labute approximate surface area is 85.3 Å². The first-order valence-electron chi connectivity index (χ1n) is 4.93. The lowest BCUT2D eigenvalue weighted by molar-refractivity contribution is -0.120. The van der Waals surface area contributed by atoms with Gasteiger partial charge in [-0.25, -0.2) is 0 Å². The van der Waals surface area contributed by atoms with Crippen LogP contribution < -0.4 is 5.32 Å². The van der Waals surface area contributed by atoms with Gasteiger partial charge in [0.15, 0.2) is 0 Å². The van der Waals surface area contributed by atoms with Crippen LogP contribution in [-0.4, -0.2) is 5.91 Å². The van der Waals surface area contributed by atoms with Gasteiger partial charge in [-0.15, -0.1) is 0 Å². The van der Waals surface area contributed by atoms with Gasteiger partial charge in [0.25, 0.3) is 0 Å². The first-order chi connectivity index (χ1) is 6.61. The second-order valence-corrected chi connectivity index (χ2v) is 3.83. The number of rotatable bonds is 3. The van der Waals surface area contributed by atoms with Gasteiger partial charge in [-0.05, 0) is 11.5 Å². The molecule has 0 bridgehead atoms. The van der Waals surface area contributed by atoms with E-state index in [4.69, 9.17) is 0 Å². The van der Waals surface area contributed by atoms with Crippen molar-refractivity contribution in [2.24, 2.45) is 5.92 Å². The van der Waals surface area contributed by atoms with E-state index in [0.717, 1.165) is 5.56 Å². The van der Waals surface area contributed by atoms with Gasteiger partial charge in [-0.1, -0.05) is 44.2 Å². The van der Waals surface area contributed by atoms with Crippen LogP contribution >= 0.6 is 0 Å². The van der Waals surface area contributed by atoms with Crippen LogP contribution in [0.25, 0.3) is 0 Å². The summed E-state index contributed by atoms with van der Waals surface area (Å²) in [6.07, 6.45) is 0. The molecule has 0 aliphatic rings. The van der Waals surface area contributed by atoms with Crippen LogP contribution in [0.15, 0.2) is 30.3 Å². The summed E-state index contributed by atoms with van der Waals surface area (Å²) in [7, 11) is 0. The quantitative estimate of drug-likeness (QED) is 0.781. The molecular weight excluding hydrogens is 174 g/mol. The molecule has 0 fully saturated rings. The van der Waals surface area contributed by atoms with Crippen molar-refractivity contribution in [3.05, 3.63) is 35.9 Å². The van der Waals surface area contributed by atoms with Crippen molar-refractivity contribution in [1.29, 1.82) is 0 Å². The Balaban J connectivity index is 2.83. The molecule has 0 aromatic heterocycles. The van der Waals surface area contributed by atoms with Gasteiger partial charge < -0.3 is 5.32 Å². The zero-order valence-electron chi connectivity index (χ0n) is 8.95. The Kier molecular flexibility index (Phi) is 3.69. The van der Waals surface area contributed by atoms with Crippen LogP contribution in [-0.2, 0) is 4.79 Å². The van der Waals surface area contributed by atoms with Gasteiger partial charge in [-0.2, -0.15) is 0 Å². The summed E-state index contributed by atoms with van der Waals surface area (Å²) in [6, 6.07) is 10.2. The minimum Gasteiger partial charge on any atom is -0.349 e. The van der Waals surface area contributed by atoms with Crippen molar-refractivity contribution in [2.75, 3.05) is 0 Å². The minimum atomic E-state index is 0.0209. The number of carbonyl (C=O) groups is 1. The van der Waals surface area contributed by atoms with Gasteiger partial charge in [0.1, 0.15) is 0 Å². The zero-order chi connectivity index (χ0) is 10.6. The van der Waals surface area contributed by atoms with E-state index in [2.05, 4.69) is 19.2 Å². The number of benzene rings is 1. The highest BCUT2D eigenvalue weighted by Gasteiger charge is 2.15. The van der Waals surface area contributed by atoms with Crippen LogP contribution in [0.3, 0.4) is 0 Å². The summed E-state index contributed by atoms with van der Waals surface area (Å²) in [4.78, 5) is 11.0. The Morgan fingerprint density at radius 1 is 1.21 bits per heavy atom. The van der Waals surface area contributed by atoms with Gasteiger partial charge >= 0.3 is 0 Å². The van der Waals surface area contributed by atoms with E-state index in [1.165, 1.54) is 0 Å². The number of amides is 1. The van der Waals surface area contributed by atoms with Crippen LogP contribution in [0.2, 0.25) is 0 Å². The lowest BCUT2D eigenvalue weighted by Gasteiger charge is -2.21. The third kappa shape index (κ3) is 2.87. The fourth-order valence-corrected chi connectivity index (χ4v) is 1.51. The molecule has 2 heteroatoms. The maximum absolute atomic E-state index is 11.0. The minimum absolute atomic E-state index is 0.0209. The molecule has 0 radical (unpaired) electrons. The normalized spacial score (nSPS) is 12.6. The van der Waals surface area contributed by atoms with Crippen LogP contribution in [0.5, 0.6) is 0 Å². The average molecular weight is 191 g/mol. The first kappa shape index (κ1) is 10.8. The molecule has 1 unspecified atom stereocenters. The summed E-state index contributed by atoms with van der Waals surface area (Å²) in [5.74, 6) is 0.425. The van der Waals surface area contributed by atoms with Crippen molar-refractivity contribution >= 4 is 5.91 Å². The highest BCUT2D eigenvalue weighted by molar-refractivity contribution is 5.73. The molecule has 1 N–H and O–H groups in total. The van der Waals surface area contributed by atoms with E-state index in [0.29, 0.717) is 5.92 Å². The highest BCUT2D eigenvalue weighted by Crippen LogP contribution is 2.20. The largest absolute Gasteiger partial charge is 0.349 e. The highest BCUT2D eigenvalue weighted by atomic mass is 16.1. The third-order valence-electron chi connectivity index (χ3n) is 2.18. The number of carbonyl (C=O) groups excluding carboxylic acids is 1. The van der Waals surface area contributed by atoms with E-state index >= 15 is 0 Å². The van der Waals surface area contributed by atoms with Gasteiger partial charge in [-0.3, -0.25) is 4.79 Å². The molecule has 0 aliphatic carbocycles. The summed E-state index contributed by atoms with van der Waals surface area (Å²) >= 11 is 0. The van der Waals surface area contributed by atoms with Gasteiger partial charge in [0.2, 0.25) is 5.91 Å². The Morgan fingerprint density at radius 2 is 1.79 bits per heavy atom. The lowest BCUT2D eigenvalue weighted by Crippen LogP contribution is -2.29. The molecule has 1 rings (SSSR count). The summed E-state index contributed by atoms with van der Waals surface area (Å²) in [5, 5.41) is 2.96. The maximum Gasteiger partial charge on any atom is 0.217 e. The molecule has 0 saturated heterocycles. The van der Waals surface area contributed by atoms with Crippen molar-refractivity contribution in [3.8, 4) is 0 Å². The molecule has 14 heavy (non-hydrogen) atoms. The second-order valence-electron chi connectivity index (χ2n) is 3.83. The number of hydrogen-bond donors (Lipinski definition) is 1. The third-order valence-corrected chi connectivity index (χ3v) is 2.18. The summed E-state index contributed by atoms with van der Waals surface area (Å²) in [6.45, 7) is 5.76. The Bertz CT molecular complexity index is 292. The smallest absolute Gasteiger partial charge is 0.217 e. The Hall–Kier alpha value is -1.31. The fourth-order valence-electron chi connectivity index (χ4n) is 1.51. The summed E-state index contributed by atoms with van der Waals surface area (Å²) < 4.78 is 0. The molecule has 1 atom stereocenters. The predicted octanol–water partition coefficient (Wildman–Crippen LogP) is 2.52. The van der Waals surface area contributed by atoms with E-state index in [9.17, 15) is 4.79 Å². The van der Waals surface area contributed by atoms with E-state index in [1.807, 2.05) is 30.3 Å². The second kappa shape index (κ2) is 4.80. The van der Waals surface area contributed by atoms with E-state index < -0.39 is 0 Å². The molecule has 2 nitrogen and oxygen atoms in total. The molecule has 0 heterocycles. The predicted molar refractivity (Wildman–Crippen MR) is 57.8 cm³/mol. The number of nitrogens with one attached hydrogen (secondary N) is 1. The lowest BCUT2D eigenvalue weighted by atomic mass is 9.96. The SMILES string of the molecule is CC(=O)NC(c1ccccc1)C(C)C. The number of hydrogen-bond acceptors (Lipinski definition) is 1. The first-order valence-corrected chi connectivity index (χ1v) is 4.93. The maximum atomic E-state index is 11.0. The monoisotopic (exact) mass is 191 g/mol. The molecule has 1 aromatic rings. The Morgan fingerprint density at radius 3 is 2.21 bits per heavy atom. The molecule has 0 aliphatic heterocycles. The van der Waals surface area contributed by atoms with Crippen LogP contribution in [0.4, 0.5) is 0 Å². The van der Waals surface area contributed by atoms with Gasteiger partial charge in [0.05, 0.1) is 6.04 Å². The molecular formula is C12H17NO. The molecule has 1 aromatic carbocycles. The van der Waals surface area contributed by atoms with E-state index in [-0.39, 0.29) is 11.9 Å². The van der Waals surface area contributed by atoms with Crippen molar-refractivity contribution in [2.45, 2.75) is 26.8 Å². The average Bonchev–Trinajstić information content (AvgIpc) is 2.15. The van der Waals surface area contributed by atoms with Crippen LogP contribution in [0.1, 0.15) is 32.4 Å².